The molecule has 9 heteroatoms. The Morgan fingerprint density at radius 1 is 1.23 bits per heavy atom. The Hall–Kier alpha value is -4.16. The van der Waals surface area contributed by atoms with Gasteiger partial charge in [-0.3, -0.25) is 9.79 Å². The number of pyridine rings is 1. The monoisotopic (exact) mass is 470 g/mol. The molecule has 0 bridgehead atoms. The summed E-state index contributed by atoms with van der Waals surface area (Å²) in [5.74, 6) is 0.169. The molecule has 0 atom stereocenters. The smallest absolute Gasteiger partial charge is 0.236 e. The molecule has 2 aromatic heterocycles. The van der Waals surface area contributed by atoms with E-state index in [-0.39, 0.29) is 5.91 Å². The summed E-state index contributed by atoms with van der Waals surface area (Å²) < 4.78 is 1.72. The van der Waals surface area contributed by atoms with Gasteiger partial charge < -0.3 is 20.4 Å². The van der Waals surface area contributed by atoms with E-state index >= 15 is 0 Å². The van der Waals surface area contributed by atoms with Gasteiger partial charge in [-0.1, -0.05) is 12.1 Å². The second-order valence-corrected chi connectivity index (χ2v) is 8.77. The zero-order chi connectivity index (χ0) is 24.9. The molecule has 4 rings (SSSR count). The average Bonchev–Trinajstić information content (AvgIpc) is 3.30. The summed E-state index contributed by atoms with van der Waals surface area (Å²) in [5.41, 5.74) is 11.7. The number of carbonyl (C=O) groups is 1. The molecule has 1 fully saturated rings. The van der Waals surface area contributed by atoms with Crippen LogP contribution in [0.5, 0.6) is 0 Å². The third-order valence-corrected chi connectivity index (χ3v) is 6.14. The van der Waals surface area contributed by atoms with Gasteiger partial charge in [0.15, 0.2) is 0 Å². The van der Waals surface area contributed by atoms with Gasteiger partial charge in [0.1, 0.15) is 6.07 Å². The summed E-state index contributed by atoms with van der Waals surface area (Å²) in [7, 11) is 5.52. The van der Waals surface area contributed by atoms with E-state index in [2.05, 4.69) is 45.3 Å². The van der Waals surface area contributed by atoms with Crippen LogP contribution in [0.2, 0.25) is 0 Å². The van der Waals surface area contributed by atoms with Crippen molar-refractivity contribution in [2.75, 3.05) is 58.8 Å². The Morgan fingerprint density at radius 2 is 1.94 bits per heavy atom. The molecule has 1 aliphatic rings. The maximum Gasteiger partial charge on any atom is 0.236 e. The number of carbonyl (C=O) groups excluding carboxylic acids is 1. The Morgan fingerprint density at radius 3 is 2.54 bits per heavy atom. The van der Waals surface area contributed by atoms with Gasteiger partial charge in [-0.05, 0) is 37.9 Å². The Labute approximate surface area is 205 Å². The van der Waals surface area contributed by atoms with E-state index in [4.69, 9.17) is 5.73 Å². The van der Waals surface area contributed by atoms with E-state index in [1.807, 2.05) is 36.2 Å². The van der Waals surface area contributed by atoms with Crippen molar-refractivity contribution in [1.29, 1.82) is 5.26 Å². The molecule has 180 valence electrons. The number of nitriles is 1. The number of amides is 1. The highest BCUT2D eigenvalue weighted by atomic mass is 16.2. The summed E-state index contributed by atoms with van der Waals surface area (Å²) >= 11 is 0. The minimum absolute atomic E-state index is 0.169. The number of fused-ring (bicyclic) bond motifs is 1. The van der Waals surface area contributed by atoms with E-state index in [9.17, 15) is 10.1 Å². The standard InChI is InChI=1S/C26H30N8O/c1-29-15-21(13-27)20-12-24(26-22(14-28)16-30-34(26)17-20)19-4-6-23(7-5-19)32-8-10-33(11-9-32)25(35)18-31(2)3/h4-7,12-13,15-17H,8-11,18,27H2,1-3H3. The zero-order valence-corrected chi connectivity index (χ0v) is 20.3. The van der Waals surface area contributed by atoms with Gasteiger partial charge in [0.2, 0.25) is 5.91 Å². The van der Waals surface area contributed by atoms with Crippen LogP contribution in [0, 0.1) is 11.3 Å². The Balaban J connectivity index is 1.61. The fourth-order valence-electron chi connectivity index (χ4n) is 4.37. The highest BCUT2D eigenvalue weighted by Crippen LogP contribution is 2.31. The normalized spacial score (nSPS) is 14.8. The minimum Gasteiger partial charge on any atom is -0.404 e. The van der Waals surface area contributed by atoms with E-state index in [1.54, 1.807) is 24.0 Å². The number of allylic oxidation sites excluding steroid dienone is 1. The van der Waals surface area contributed by atoms with Gasteiger partial charge in [-0.2, -0.15) is 10.4 Å². The van der Waals surface area contributed by atoms with Crippen molar-refractivity contribution in [2.45, 2.75) is 0 Å². The van der Waals surface area contributed by atoms with Crippen molar-refractivity contribution in [3.8, 4) is 17.2 Å². The predicted molar refractivity (Wildman–Crippen MR) is 139 cm³/mol. The SMILES string of the molecule is CN=CC(=CN)c1cc(-c2ccc(N3CCN(C(=O)CN(C)C)CC3)cc2)c2c(C#N)cnn2c1. The van der Waals surface area contributed by atoms with E-state index < -0.39 is 0 Å². The number of nitrogens with two attached hydrogens (primary N) is 1. The molecule has 3 aromatic rings. The molecule has 1 aromatic carbocycles. The van der Waals surface area contributed by atoms with Crippen molar-refractivity contribution >= 4 is 28.9 Å². The number of hydrogen-bond donors (Lipinski definition) is 1. The molecule has 0 radical (unpaired) electrons. The Bertz CT molecular complexity index is 1310. The van der Waals surface area contributed by atoms with E-state index in [1.165, 1.54) is 6.20 Å². The third-order valence-electron chi connectivity index (χ3n) is 6.14. The number of anilines is 1. The summed E-state index contributed by atoms with van der Waals surface area (Å²) in [5, 5.41) is 14.0. The highest BCUT2D eigenvalue weighted by molar-refractivity contribution is 6.10. The van der Waals surface area contributed by atoms with Crippen LogP contribution < -0.4 is 10.6 Å². The molecule has 2 N–H and O–H groups in total. The summed E-state index contributed by atoms with van der Waals surface area (Å²) in [6.45, 7) is 3.45. The Kier molecular flexibility index (Phi) is 7.13. The number of nitrogens with zero attached hydrogens (tertiary/aromatic N) is 7. The molecule has 0 unspecified atom stereocenters. The molecule has 0 spiro atoms. The number of aromatic nitrogens is 2. The molecule has 0 saturated carbocycles. The van der Waals surface area contributed by atoms with Crippen LogP contribution in [0.15, 0.2) is 53.9 Å². The lowest BCUT2D eigenvalue weighted by molar-refractivity contribution is -0.132. The third kappa shape index (κ3) is 5.03. The van der Waals surface area contributed by atoms with E-state index in [0.29, 0.717) is 25.2 Å². The molecular weight excluding hydrogens is 440 g/mol. The first-order valence-electron chi connectivity index (χ1n) is 11.5. The van der Waals surface area contributed by atoms with Crippen molar-refractivity contribution in [2.24, 2.45) is 10.7 Å². The van der Waals surface area contributed by atoms with Gasteiger partial charge in [0.05, 0.1) is 23.8 Å². The van der Waals surface area contributed by atoms with Crippen LogP contribution in [0.3, 0.4) is 0 Å². The molecule has 9 nitrogen and oxygen atoms in total. The second kappa shape index (κ2) is 10.4. The van der Waals surface area contributed by atoms with Gasteiger partial charge in [0.25, 0.3) is 0 Å². The topological polar surface area (TPSA) is 106 Å². The van der Waals surface area contributed by atoms with Gasteiger partial charge in [-0.15, -0.1) is 0 Å². The number of benzene rings is 1. The first-order chi connectivity index (χ1) is 16.9. The maximum absolute atomic E-state index is 12.3. The van der Waals surface area contributed by atoms with Gasteiger partial charge in [-0.25, -0.2) is 4.52 Å². The van der Waals surface area contributed by atoms with Crippen molar-refractivity contribution in [1.82, 2.24) is 19.4 Å². The second-order valence-electron chi connectivity index (χ2n) is 8.77. The molecule has 35 heavy (non-hydrogen) atoms. The van der Waals surface area contributed by atoms with E-state index in [0.717, 1.165) is 46.6 Å². The predicted octanol–water partition coefficient (Wildman–Crippen LogP) is 2.08. The highest BCUT2D eigenvalue weighted by Gasteiger charge is 2.22. The first kappa shape index (κ1) is 24.0. The quantitative estimate of drug-likeness (QED) is 0.553. The van der Waals surface area contributed by atoms with Crippen molar-refractivity contribution in [3.05, 3.63) is 60.1 Å². The van der Waals surface area contributed by atoms with Crippen LogP contribution in [-0.4, -0.2) is 85.4 Å². The van der Waals surface area contributed by atoms with Crippen LogP contribution in [0.4, 0.5) is 5.69 Å². The van der Waals surface area contributed by atoms with Crippen LogP contribution in [0.25, 0.3) is 22.2 Å². The number of likely N-dealkylation sites (N-methyl/N-ethyl adjacent to an activating group) is 1. The molecule has 1 aliphatic heterocycles. The summed E-state index contributed by atoms with van der Waals surface area (Å²) in [6.07, 6.45) is 6.64. The lowest BCUT2D eigenvalue weighted by atomic mass is 9.99. The number of hydrogen-bond acceptors (Lipinski definition) is 7. The molecule has 1 saturated heterocycles. The molecule has 3 heterocycles. The molecule has 1 amide bonds. The van der Waals surface area contributed by atoms with Crippen LogP contribution in [0.1, 0.15) is 11.1 Å². The van der Waals surface area contributed by atoms with Crippen LogP contribution >= 0.6 is 0 Å². The zero-order valence-electron chi connectivity index (χ0n) is 20.3. The lowest BCUT2D eigenvalue weighted by Crippen LogP contribution is -2.50. The van der Waals surface area contributed by atoms with Crippen molar-refractivity contribution < 1.29 is 4.79 Å². The number of piperazine rings is 1. The van der Waals surface area contributed by atoms with Crippen LogP contribution in [-0.2, 0) is 4.79 Å². The average molecular weight is 471 g/mol. The fourth-order valence-corrected chi connectivity index (χ4v) is 4.37. The minimum atomic E-state index is 0.169. The van der Waals surface area contributed by atoms with Gasteiger partial charge in [0, 0.05) is 74.2 Å². The van der Waals surface area contributed by atoms with Gasteiger partial charge >= 0.3 is 0 Å². The summed E-state index contributed by atoms with van der Waals surface area (Å²) in [6, 6.07) is 12.6. The largest absolute Gasteiger partial charge is 0.404 e. The maximum atomic E-state index is 12.3. The fraction of sp³-hybridized carbons (Fsp3) is 0.308. The summed E-state index contributed by atoms with van der Waals surface area (Å²) in [4.78, 5) is 22.6. The lowest BCUT2D eigenvalue weighted by Gasteiger charge is -2.36. The number of rotatable bonds is 6. The first-order valence-corrected chi connectivity index (χ1v) is 11.5. The van der Waals surface area contributed by atoms with Crippen molar-refractivity contribution in [3.63, 3.8) is 0 Å². The number of aliphatic imine (C=N–C) groups is 1. The molecule has 0 aliphatic carbocycles. The molecular formula is C26H30N8O.